The van der Waals surface area contributed by atoms with Crippen LogP contribution in [-0.2, 0) is 0 Å². The van der Waals surface area contributed by atoms with Gasteiger partial charge in [-0.05, 0) is 37.8 Å². The molecule has 0 atom stereocenters. The molecule has 3 rings (SSSR count). The summed E-state index contributed by atoms with van der Waals surface area (Å²) in [7, 11) is 0. The number of aromatic nitrogens is 1. The van der Waals surface area contributed by atoms with Gasteiger partial charge in [-0.3, -0.25) is 0 Å². The van der Waals surface area contributed by atoms with Crippen molar-refractivity contribution in [2.24, 2.45) is 5.73 Å². The summed E-state index contributed by atoms with van der Waals surface area (Å²) in [6, 6.07) is 6.57. The number of hydrogen-bond donors (Lipinski definition) is 2. The molecular weight excluding hydrogens is 349 g/mol. The van der Waals surface area contributed by atoms with Gasteiger partial charge < -0.3 is 20.9 Å². The molecule has 0 bridgehead atoms. The average molecular weight is 376 g/mol. The molecule has 2 fully saturated rings. The van der Waals surface area contributed by atoms with Crippen LogP contribution in [0.15, 0.2) is 24.4 Å². The van der Waals surface area contributed by atoms with Gasteiger partial charge in [0.25, 0.3) is 0 Å². The van der Waals surface area contributed by atoms with E-state index in [0.29, 0.717) is 0 Å². The molecule has 2 saturated heterocycles. The Kier molecular flexibility index (Phi) is 8.59. The van der Waals surface area contributed by atoms with Crippen molar-refractivity contribution in [2.45, 2.75) is 37.8 Å². The van der Waals surface area contributed by atoms with Gasteiger partial charge >= 0.3 is 6.03 Å². The highest BCUT2D eigenvalue weighted by Crippen LogP contribution is 2.17. The van der Waals surface area contributed by atoms with E-state index in [0.717, 1.165) is 57.7 Å². The van der Waals surface area contributed by atoms with Gasteiger partial charge in [-0.1, -0.05) is 6.07 Å². The standard InChI is InChI=1S/C16H25N5O.2ClH/c17-13-4-9-21(10-5-13)16(22)19-14-6-11-20(12-7-14)15-3-1-2-8-18-15;;/h1-3,8,13-14H,4-7,9-12,17H2,(H,19,22);2*1H. The number of rotatable bonds is 2. The molecule has 24 heavy (non-hydrogen) atoms. The van der Waals surface area contributed by atoms with Crippen LogP contribution in [0, 0.1) is 0 Å². The lowest BCUT2D eigenvalue weighted by atomic mass is 10.0. The first-order chi connectivity index (χ1) is 10.7. The van der Waals surface area contributed by atoms with E-state index in [2.05, 4.69) is 15.2 Å². The van der Waals surface area contributed by atoms with Crippen molar-refractivity contribution in [3.05, 3.63) is 24.4 Å². The fourth-order valence-corrected chi connectivity index (χ4v) is 3.16. The monoisotopic (exact) mass is 375 g/mol. The molecular formula is C16H27Cl2N5O. The zero-order valence-electron chi connectivity index (χ0n) is 13.8. The number of nitrogens with zero attached hydrogens (tertiary/aromatic N) is 3. The van der Waals surface area contributed by atoms with Gasteiger partial charge in [0, 0.05) is 44.5 Å². The van der Waals surface area contributed by atoms with Crippen LogP contribution in [-0.4, -0.2) is 54.2 Å². The number of anilines is 1. The quantitative estimate of drug-likeness (QED) is 0.828. The second-order valence-corrected chi connectivity index (χ2v) is 6.22. The molecule has 1 aromatic rings. The summed E-state index contributed by atoms with van der Waals surface area (Å²) in [5, 5.41) is 3.17. The summed E-state index contributed by atoms with van der Waals surface area (Å²) < 4.78 is 0. The molecule has 3 heterocycles. The second kappa shape index (κ2) is 9.91. The van der Waals surface area contributed by atoms with E-state index in [1.54, 1.807) is 0 Å². The van der Waals surface area contributed by atoms with E-state index in [4.69, 9.17) is 5.73 Å². The van der Waals surface area contributed by atoms with Crippen molar-refractivity contribution in [1.29, 1.82) is 0 Å². The van der Waals surface area contributed by atoms with E-state index in [9.17, 15) is 4.79 Å². The van der Waals surface area contributed by atoms with Crippen LogP contribution < -0.4 is 16.0 Å². The molecule has 8 heteroatoms. The Balaban J connectivity index is 0.00000144. The number of nitrogens with one attached hydrogen (secondary N) is 1. The number of pyridine rings is 1. The first-order valence-corrected chi connectivity index (χ1v) is 8.19. The highest BCUT2D eigenvalue weighted by Gasteiger charge is 2.25. The summed E-state index contributed by atoms with van der Waals surface area (Å²) in [6.07, 6.45) is 5.58. The molecule has 6 nitrogen and oxygen atoms in total. The second-order valence-electron chi connectivity index (χ2n) is 6.22. The summed E-state index contributed by atoms with van der Waals surface area (Å²) in [6.45, 7) is 3.43. The zero-order chi connectivity index (χ0) is 15.4. The molecule has 2 aliphatic heterocycles. The zero-order valence-corrected chi connectivity index (χ0v) is 15.4. The van der Waals surface area contributed by atoms with Crippen LogP contribution in [0.25, 0.3) is 0 Å². The fraction of sp³-hybridized carbons (Fsp3) is 0.625. The average Bonchev–Trinajstić information content (AvgIpc) is 2.57. The smallest absolute Gasteiger partial charge is 0.317 e. The minimum atomic E-state index is 0. The van der Waals surface area contributed by atoms with Gasteiger partial charge in [0.15, 0.2) is 0 Å². The van der Waals surface area contributed by atoms with Gasteiger partial charge in [0.05, 0.1) is 0 Å². The van der Waals surface area contributed by atoms with Crippen molar-refractivity contribution in [3.8, 4) is 0 Å². The van der Waals surface area contributed by atoms with E-state index < -0.39 is 0 Å². The third kappa shape index (κ3) is 5.40. The highest BCUT2D eigenvalue weighted by molar-refractivity contribution is 5.85. The molecule has 0 radical (unpaired) electrons. The number of carbonyl (C=O) groups is 1. The third-order valence-corrected chi connectivity index (χ3v) is 4.62. The molecule has 0 spiro atoms. The Labute approximate surface area is 156 Å². The number of urea groups is 1. The predicted octanol–water partition coefficient (Wildman–Crippen LogP) is 2.03. The summed E-state index contributed by atoms with van der Waals surface area (Å²) in [4.78, 5) is 20.8. The maximum atomic E-state index is 12.3. The Morgan fingerprint density at radius 3 is 2.33 bits per heavy atom. The number of nitrogens with two attached hydrogens (primary N) is 1. The topological polar surface area (TPSA) is 74.5 Å². The van der Waals surface area contributed by atoms with Gasteiger partial charge in [-0.15, -0.1) is 24.8 Å². The van der Waals surface area contributed by atoms with Crippen LogP contribution in [0.4, 0.5) is 10.6 Å². The number of amides is 2. The first-order valence-electron chi connectivity index (χ1n) is 8.19. The summed E-state index contributed by atoms with van der Waals surface area (Å²) in [5.74, 6) is 1.03. The largest absolute Gasteiger partial charge is 0.356 e. The van der Waals surface area contributed by atoms with Crippen LogP contribution in [0.5, 0.6) is 0 Å². The molecule has 2 aliphatic rings. The normalized spacial score (nSPS) is 19.2. The first kappa shape index (κ1) is 20.8. The lowest BCUT2D eigenvalue weighted by Gasteiger charge is -2.35. The molecule has 0 saturated carbocycles. The molecule has 1 aromatic heterocycles. The molecule has 0 aliphatic carbocycles. The maximum absolute atomic E-state index is 12.3. The van der Waals surface area contributed by atoms with Crippen LogP contribution in [0.1, 0.15) is 25.7 Å². The van der Waals surface area contributed by atoms with Crippen molar-refractivity contribution < 1.29 is 4.79 Å². The molecule has 3 N–H and O–H groups in total. The fourth-order valence-electron chi connectivity index (χ4n) is 3.16. The van der Waals surface area contributed by atoms with Crippen molar-refractivity contribution >= 4 is 36.7 Å². The van der Waals surface area contributed by atoms with Gasteiger partial charge in [0.2, 0.25) is 0 Å². The third-order valence-electron chi connectivity index (χ3n) is 4.62. The van der Waals surface area contributed by atoms with Gasteiger partial charge in [-0.25, -0.2) is 9.78 Å². The van der Waals surface area contributed by atoms with E-state index in [1.165, 1.54) is 0 Å². The highest BCUT2D eigenvalue weighted by atomic mass is 35.5. The SMILES string of the molecule is Cl.Cl.NC1CCN(C(=O)NC2CCN(c3ccccn3)CC2)CC1. The van der Waals surface area contributed by atoms with Crippen molar-refractivity contribution in [1.82, 2.24) is 15.2 Å². The minimum absolute atomic E-state index is 0. The lowest BCUT2D eigenvalue weighted by Crippen LogP contribution is -2.52. The van der Waals surface area contributed by atoms with E-state index >= 15 is 0 Å². The van der Waals surface area contributed by atoms with Crippen LogP contribution in [0.3, 0.4) is 0 Å². The number of piperidine rings is 2. The Morgan fingerprint density at radius 2 is 1.75 bits per heavy atom. The lowest BCUT2D eigenvalue weighted by molar-refractivity contribution is 0.176. The Hall–Kier alpha value is -1.24. The van der Waals surface area contributed by atoms with Crippen molar-refractivity contribution in [2.75, 3.05) is 31.1 Å². The van der Waals surface area contributed by atoms with Crippen molar-refractivity contribution in [3.63, 3.8) is 0 Å². The number of halogens is 2. The summed E-state index contributed by atoms with van der Waals surface area (Å²) >= 11 is 0. The van der Waals surface area contributed by atoms with Crippen LogP contribution in [0.2, 0.25) is 0 Å². The van der Waals surface area contributed by atoms with E-state index in [-0.39, 0.29) is 42.9 Å². The Bertz CT molecular complexity index is 489. The molecule has 0 unspecified atom stereocenters. The maximum Gasteiger partial charge on any atom is 0.317 e. The Morgan fingerprint density at radius 1 is 1.08 bits per heavy atom. The van der Waals surface area contributed by atoms with E-state index in [1.807, 2.05) is 29.3 Å². The minimum Gasteiger partial charge on any atom is -0.356 e. The number of hydrogen-bond acceptors (Lipinski definition) is 4. The molecule has 0 aromatic carbocycles. The molecule has 2 amide bonds. The summed E-state index contributed by atoms with van der Waals surface area (Å²) in [5.41, 5.74) is 5.88. The number of carbonyl (C=O) groups excluding carboxylic acids is 1. The van der Waals surface area contributed by atoms with Gasteiger partial charge in [-0.2, -0.15) is 0 Å². The number of likely N-dealkylation sites (tertiary alicyclic amines) is 1. The predicted molar refractivity (Wildman–Crippen MR) is 101 cm³/mol. The van der Waals surface area contributed by atoms with Gasteiger partial charge in [0.1, 0.15) is 5.82 Å². The molecule has 136 valence electrons. The van der Waals surface area contributed by atoms with Crippen LogP contribution >= 0.6 is 24.8 Å².